The topological polar surface area (TPSA) is 38.3 Å². The molecular formula is C17H26FNO2. The summed E-state index contributed by atoms with van der Waals surface area (Å²) in [4.78, 5) is 12.1. The molecule has 0 aliphatic rings. The van der Waals surface area contributed by atoms with Crippen LogP contribution in [0.5, 0.6) is 0 Å². The first-order valence-electron chi connectivity index (χ1n) is 7.64. The molecule has 1 rings (SSSR count). The van der Waals surface area contributed by atoms with Crippen LogP contribution in [-0.4, -0.2) is 18.6 Å². The molecule has 1 unspecified atom stereocenters. The van der Waals surface area contributed by atoms with Gasteiger partial charge in [0.15, 0.2) is 0 Å². The van der Waals surface area contributed by atoms with Crippen molar-refractivity contribution in [1.82, 2.24) is 0 Å². The van der Waals surface area contributed by atoms with E-state index >= 15 is 0 Å². The number of hydrogen-bond donors (Lipinski definition) is 1. The van der Waals surface area contributed by atoms with E-state index in [0.717, 1.165) is 19.3 Å². The first kappa shape index (κ1) is 17.5. The number of nitrogens with one attached hydrogen (secondary N) is 1. The highest BCUT2D eigenvalue weighted by atomic mass is 19.1. The maximum atomic E-state index is 13.8. The van der Waals surface area contributed by atoms with E-state index in [1.165, 1.54) is 26.0 Å². The lowest BCUT2D eigenvalue weighted by Crippen LogP contribution is -2.44. The van der Waals surface area contributed by atoms with Gasteiger partial charge in [-0.2, -0.15) is 0 Å². The summed E-state index contributed by atoms with van der Waals surface area (Å²) < 4.78 is 18.6. The molecule has 0 saturated heterocycles. The largest absolute Gasteiger partial charge is 0.467 e. The number of rotatable bonds is 9. The van der Waals surface area contributed by atoms with Crippen molar-refractivity contribution >= 4 is 11.7 Å². The Labute approximate surface area is 126 Å². The fourth-order valence-corrected chi connectivity index (χ4v) is 2.38. The minimum absolute atomic E-state index is 0.332. The molecule has 1 aromatic carbocycles. The van der Waals surface area contributed by atoms with Gasteiger partial charge in [-0.1, -0.05) is 51.2 Å². The number of benzene rings is 1. The fraction of sp³-hybridized carbons (Fsp3) is 0.588. The van der Waals surface area contributed by atoms with Crippen LogP contribution in [0.3, 0.4) is 0 Å². The molecule has 3 nitrogen and oxygen atoms in total. The number of carbonyl (C=O) groups excluding carboxylic acids is 1. The number of esters is 1. The maximum absolute atomic E-state index is 13.8. The van der Waals surface area contributed by atoms with Crippen molar-refractivity contribution in [1.29, 1.82) is 0 Å². The van der Waals surface area contributed by atoms with Crippen LogP contribution in [0, 0.1) is 5.82 Å². The molecule has 1 N–H and O–H groups in total. The summed E-state index contributed by atoms with van der Waals surface area (Å²) in [5, 5.41) is 3.02. The van der Waals surface area contributed by atoms with E-state index < -0.39 is 5.54 Å². The molecule has 21 heavy (non-hydrogen) atoms. The van der Waals surface area contributed by atoms with Crippen LogP contribution in [0.2, 0.25) is 0 Å². The zero-order valence-corrected chi connectivity index (χ0v) is 13.2. The average Bonchev–Trinajstić information content (AvgIpc) is 2.48. The van der Waals surface area contributed by atoms with E-state index in [0.29, 0.717) is 12.1 Å². The van der Waals surface area contributed by atoms with E-state index in [-0.39, 0.29) is 11.8 Å². The molecule has 0 aliphatic heterocycles. The van der Waals surface area contributed by atoms with Gasteiger partial charge in [-0.05, 0) is 25.5 Å². The Bertz CT molecular complexity index is 450. The quantitative estimate of drug-likeness (QED) is 0.537. The van der Waals surface area contributed by atoms with Crippen LogP contribution in [0.15, 0.2) is 24.3 Å². The van der Waals surface area contributed by atoms with Crippen LogP contribution in [-0.2, 0) is 9.53 Å². The summed E-state index contributed by atoms with van der Waals surface area (Å²) in [5.41, 5.74) is -0.567. The lowest BCUT2D eigenvalue weighted by Gasteiger charge is -2.29. The number of hydrogen-bond acceptors (Lipinski definition) is 3. The highest BCUT2D eigenvalue weighted by Gasteiger charge is 2.34. The van der Waals surface area contributed by atoms with E-state index in [4.69, 9.17) is 4.74 Å². The van der Waals surface area contributed by atoms with Gasteiger partial charge in [-0.25, -0.2) is 9.18 Å². The van der Waals surface area contributed by atoms with Crippen molar-refractivity contribution in [2.75, 3.05) is 12.4 Å². The highest BCUT2D eigenvalue weighted by Crippen LogP contribution is 2.25. The van der Waals surface area contributed by atoms with Crippen molar-refractivity contribution in [3.05, 3.63) is 30.1 Å². The predicted molar refractivity (Wildman–Crippen MR) is 83.8 cm³/mol. The third-order valence-electron chi connectivity index (χ3n) is 3.70. The molecule has 0 aromatic heterocycles. The van der Waals surface area contributed by atoms with E-state index in [2.05, 4.69) is 12.2 Å². The molecule has 0 aliphatic carbocycles. The van der Waals surface area contributed by atoms with Gasteiger partial charge in [0.25, 0.3) is 0 Å². The molecule has 4 heteroatoms. The molecule has 0 radical (unpaired) electrons. The molecule has 1 aromatic rings. The lowest BCUT2D eigenvalue weighted by atomic mass is 9.93. The third-order valence-corrected chi connectivity index (χ3v) is 3.70. The summed E-state index contributed by atoms with van der Waals surface area (Å²) in [6, 6.07) is 6.37. The molecule has 0 heterocycles. The second-order valence-corrected chi connectivity index (χ2v) is 5.59. The number of halogens is 1. The van der Waals surface area contributed by atoms with Gasteiger partial charge in [-0.15, -0.1) is 0 Å². The average molecular weight is 295 g/mol. The van der Waals surface area contributed by atoms with Crippen LogP contribution in [0.4, 0.5) is 10.1 Å². The van der Waals surface area contributed by atoms with E-state index in [1.54, 1.807) is 25.1 Å². The van der Waals surface area contributed by atoms with Gasteiger partial charge in [0.2, 0.25) is 0 Å². The fourth-order valence-electron chi connectivity index (χ4n) is 2.38. The Morgan fingerprint density at radius 3 is 2.52 bits per heavy atom. The van der Waals surface area contributed by atoms with Gasteiger partial charge in [0.05, 0.1) is 12.8 Å². The minimum Gasteiger partial charge on any atom is -0.467 e. The van der Waals surface area contributed by atoms with Crippen LogP contribution in [0.1, 0.15) is 52.4 Å². The minimum atomic E-state index is -0.900. The standard InChI is InChI=1S/C17H26FNO2/c1-4-5-6-7-10-13-17(2,16(20)21-3)19-15-12-9-8-11-14(15)18/h8-9,11-12,19H,4-7,10,13H2,1-3H3. The molecule has 0 bridgehead atoms. The van der Waals surface area contributed by atoms with Crippen LogP contribution < -0.4 is 5.32 Å². The first-order chi connectivity index (χ1) is 10.0. The normalized spacial score (nSPS) is 13.5. The third kappa shape index (κ3) is 5.37. The summed E-state index contributed by atoms with van der Waals surface area (Å²) in [7, 11) is 1.36. The van der Waals surface area contributed by atoms with E-state index in [1.807, 2.05) is 0 Å². The van der Waals surface area contributed by atoms with Crippen molar-refractivity contribution in [3.63, 3.8) is 0 Å². The second-order valence-electron chi connectivity index (χ2n) is 5.59. The SMILES string of the molecule is CCCCCCCC(C)(Nc1ccccc1F)C(=O)OC. The van der Waals surface area contributed by atoms with Gasteiger partial charge < -0.3 is 10.1 Å². The summed E-state index contributed by atoms with van der Waals surface area (Å²) >= 11 is 0. The van der Waals surface area contributed by atoms with Crippen molar-refractivity contribution < 1.29 is 13.9 Å². The molecule has 0 saturated carbocycles. The molecular weight excluding hydrogens is 269 g/mol. The number of para-hydroxylation sites is 1. The Hall–Kier alpha value is -1.58. The molecule has 1 atom stereocenters. The summed E-state index contributed by atoms with van der Waals surface area (Å²) in [6.45, 7) is 3.93. The number of methoxy groups -OCH3 is 1. The monoisotopic (exact) mass is 295 g/mol. The Morgan fingerprint density at radius 2 is 1.90 bits per heavy atom. The van der Waals surface area contributed by atoms with Gasteiger partial charge in [0, 0.05) is 0 Å². The second kappa shape index (κ2) is 8.65. The van der Waals surface area contributed by atoms with Crippen LogP contribution >= 0.6 is 0 Å². The molecule has 0 fully saturated rings. The molecule has 0 amide bonds. The predicted octanol–water partition coefficient (Wildman–Crippen LogP) is 4.53. The lowest BCUT2D eigenvalue weighted by molar-refractivity contribution is -0.145. The number of unbranched alkanes of at least 4 members (excludes halogenated alkanes) is 4. The van der Waals surface area contributed by atoms with Crippen molar-refractivity contribution in [2.45, 2.75) is 57.9 Å². The van der Waals surface area contributed by atoms with Gasteiger partial charge in [-0.3, -0.25) is 0 Å². The Morgan fingerprint density at radius 1 is 1.24 bits per heavy atom. The Balaban J connectivity index is 2.70. The Kier molecular flexibility index (Phi) is 7.20. The zero-order valence-electron chi connectivity index (χ0n) is 13.2. The first-order valence-corrected chi connectivity index (χ1v) is 7.64. The smallest absolute Gasteiger partial charge is 0.331 e. The summed E-state index contributed by atoms with van der Waals surface area (Å²) in [5.74, 6) is -0.722. The maximum Gasteiger partial charge on any atom is 0.331 e. The number of anilines is 1. The van der Waals surface area contributed by atoms with Gasteiger partial charge in [0.1, 0.15) is 11.4 Å². The number of ether oxygens (including phenoxy) is 1. The zero-order chi connectivity index (χ0) is 15.7. The molecule has 0 spiro atoms. The van der Waals surface area contributed by atoms with Crippen molar-refractivity contribution in [2.24, 2.45) is 0 Å². The number of carbonyl (C=O) groups is 1. The van der Waals surface area contributed by atoms with E-state index in [9.17, 15) is 9.18 Å². The summed E-state index contributed by atoms with van der Waals surface area (Å²) in [6.07, 6.45) is 6.15. The van der Waals surface area contributed by atoms with Crippen LogP contribution in [0.25, 0.3) is 0 Å². The molecule has 118 valence electrons. The van der Waals surface area contributed by atoms with Crippen molar-refractivity contribution in [3.8, 4) is 0 Å². The van der Waals surface area contributed by atoms with Gasteiger partial charge >= 0.3 is 5.97 Å². The highest BCUT2D eigenvalue weighted by molar-refractivity contribution is 5.84.